The Morgan fingerprint density at radius 1 is 0.944 bits per heavy atom. The molecule has 0 spiro atoms. The Morgan fingerprint density at radius 2 is 1.56 bits per heavy atom. The lowest BCUT2D eigenvalue weighted by atomic mass is 10.2. The van der Waals surface area contributed by atoms with E-state index < -0.39 is 0 Å². The zero-order valence-corrected chi connectivity index (χ0v) is 11.1. The Hall–Kier alpha value is -1.51. The standard InChI is InChI=1S/C15H16ClNO/c1-17(12-16)11-13-7-9-15(10-8-13)18-14-5-3-2-4-6-14/h2-10H,11-12H2,1H3. The Morgan fingerprint density at radius 3 is 2.17 bits per heavy atom. The van der Waals surface area contributed by atoms with Crippen LogP contribution in [0.4, 0.5) is 0 Å². The summed E-state index contributed by atoms with van der Waals surface area (Å²) in [6, 6.07) is 18.4. The number of rotatable bonds is 5. The Balaban J connectivity index is 2.00. The van der Waals surface area contributed by atoms with Gasteiger partial charge in [0.15, 0.2) is 0 Å². The molecule has 0 amide bonds. The highest BCUT2D eigenvalue weighted by atomic mass is 35.5. The zero-order valence-electron chi connectivity index (χ0n) is 10.3. The van der Waals surface area contributed by atoms with Crippen LogP contribution in [-0.4, -0.2) is 18.0 Å². The van der Waals surface area contributed by atoms with Gasteiger partial charge in [0.05, 0.1) is 6.00 Å². The first-order valence-corrected chi connectivity index (χ1v) is 6.38. The topological polar surface area (TPSA) is 12.5 Å². The van der Waals surface area contributed by atoms with Gasteiger partial charge in [-0.15, -0.1) is 11.6 Å². The van der Waals surface area contributed by atoms with Gasteiger partial charge in [0.2, 0.25) is 0 Å². The SMILES string of the molecule is CN(CCl)Cc1ccc(Oc2ccccc2)cc1. The van der Waals surface area contributed by atoms with Gasteiger partial charge < -0.3 is 4.74 Å². The highest BCUT2D eigenvalue weighted by Crippen LogP contribution is 2.21. The molecule has 0 saturated heterocycles. The van der Waals surface area contributed by atoms with Crippen molar-refractivity contribution >= 4 is 11.6 Å². The van der Waals surface area contributed by atoms with Gasteiger partial charge in [-0.2, -0.15) is 0 Å². The lowest BCUT2D eigenvalue weighted by Gasteiger charge is -2.13. The van der Waals surface area contributed by atoms with Gasteiger partial charge in [-0.1, -0.05) is 30.3 Å². The first-order chi connectivity index (χ1) is 8.78. The number of alkyl halides is 1. The molecular weight excluding hydrogens is 246 g/mol. The van der Waals surface area contributed by atoms with Crippen molar-refractivity contribution in [2.24, 2.45) is 0 Å². The summed E-state index contributed by atoms with van der Waals surface area (Å²) in [5.41, 5.74) is 1.22. The molecule has 0 bridgehead atoms. The Bertz CT molecular complexity index is 470. The van der Waals surface area contributed by atoms with E-state index in [1.807, 2.05) is 54.4 Å². The molecule has 0 saturated carbocycles. The number of hydrogen-bond acceptors (Lipinski definition) is 2. The van der Waals surface area contributed by atoms with Crippen LogP contribution in [0, 0.1) is 0 Å². The van der Waals surface area contributed by atoms with Crippen molar-refractivity contribution in [3.8, 4) is 11.5 Å². The summed E-state index contributed by atoms with van der Waals surface area (Å²) in [7, 11) is 1.99. The van der Waals surface area contributed by atoms with Crippen LogP contribution in [0.15, 0.2) is 54.6 Å². The third kappa shape index (κ3) is 3.76. The second-order valence-corrected chi connectivity index (χ2v) is 4.43. The number of benzene rings is 2. The Kier molecular flexibility index (Phi) is 4.62. The summed E-state index contributed by atoms with van der Waals surface area (Å²) in [6.07, 6.45) is 0. The summed E-state index contributed by atoms with van der Waals surface area (Å²) in [6.45, 7) is 0.842. The number of para-hydroxylation sites is 1. The molecule has 2 aromatic rings. The van der Waals surface area contributed by atoms with E-state index in [4.69, 9.17) is 16.3 Å². The second kappa shape index (κ2) is 6.43. The van der Waals surface area contributed by atoms with E-state index in [-0.39, 0.29) is 0 Å². The van der Waals surface area contributed by atoms with Crippen LogP contribution in [0.5, 0.6) is 11.5 Å². The van der Waals surface area contributed by atoms with Crippen molar-refractivity contribution in [3.63, 3.8) is 0 Å². The number of nitrogens with zero attached hydrogens (tertiary/aromatic N) is 1. The minimum atomic E-state index is 0.530. The molecule has 0 heterocycles. The second-order valence-electron chi connectivity index (χ2n) is 4.19. The van der Waals surface area contributed by atoms with Gasteiger partial charge in [-0.25, -0.2) is 0 Å². The van der Waals surface area contributed by atoms with E-state index in [0.29, 0.717) is 6.00 Å². The van der Waals surface area contributed by atoms with E-state index in [9.17, 15) is 0 Å². The molecule has 2 rings (SSSR count). The van der Waals surface area contributed by atoms with Crippen LogP contribution < -0.4 is 4.74 Å². The first-order valence-electron chi connectivity index (χ1n) is 5.84. The fourth-order valence-electron chi connectivity index (χ4n) is 1.64. The lowest BCUT2D eigenvalue weighted by molar-refractivity contribution is 0.382. The van der Waals surface area contributed by atoms with Crippen molar-refractivity contribution in [1.82, 2.24) is 4.90 Å². The average molecular weight is 262 g/mol. The average Bonchev–Trinajstić information content (AvgIpc) is 2.42. The minimum Gasteiger partial charge on any atom is -0.457 e. The van der Waals surface area contributed by atoms with Gasteiger partial charge in [0.25, 0.3) is 0 Å². The number of hydrogen-bond donors (Lipinski definition) is 0. The smallest absolute Gasteiger partial charge is 0.127 e. The maximum atomic E-state index is 5.74. The molecule has 0 aliphatic carbocycles. The minimum absolute atomic E-state index is 0.530. The van der Waals surface area contributed by atoms with Gasteiger partial charge in [0.1, 0.15) is 11.5 Å². The molecule has 0 radical (unpaired) electrons. The van der Waals surface area contributed by atoms with Gasteiger partial charge in [-0.05, 0) is 36.9 Å². The molecule has 0 aliphatic rings. The van der Waals surface area contributed by atoms with Crippen LogP contribution in [0.2, 0.25) is 0 Å². The van der Waals surface area contributed by atoms with E-state index in [2.05, 4.69) is 12.1 Å². The molecule has 3 heteroatoms. The van der Waals surface area contributed by atoms with Gasteiger partial charge in [-0.3, -0.25) is 4.90 Å². The predicted octanol–water partition coefficient (Wildman–Crippen LogP) is 4.11. The molecule has 0 N–H and O–H groups in total. The fourth-order valence-corrected chi connectivity index (χ4v) is 1.73. The normalized spacial score (nSPS) is 10.6. The molecule has 0 unspecified atom stereocenters. The molecule has 18 heavy (non-hydrogen) atoms. The maximum Gasteiger partial charge on any atom is 0.127 e. The van der Waals surface area contributed by atoms with Crippen LogP contribution in [-0.2, 0) is 6.54 Å². The van der Waals surface area contributed by atoms with Crippen molar-refractivity contribution in [1.29, 1.82) is 0 Å². The lowest BCUT2D eigenvalue weighted by Crippen LogP contribution is -2.15. The summed E-state index contributed by atoms with van der Waals surface area (Å²) in [4.78, 5) is 2.04. The highest BCUT2D eigenvalue weighted by molar-refractivity contribution is 6.17. The van der Waals surface area contributed by atoms with Crippen molar-refractivity contribution in [3.05, 3.63) is 60.2 Å². The van der Waals surface area contributed by atoms with Crippen LogP contribution in [0.3, 0.4) is 0 Å². The van der Waals surface area contributed by atoms with Crippen molar-refractivity contribution in [2.45, 2.75) is 6.54 Å². The monoisotopic (exact) mass is 261 g/mol. The molecule has 0 fully saturated rings. The van der Waals surface area contributed by atoms with Crippen LogP contribution >= 0.6 is 11.6 Å². The molecule has 0 aromatic heterocycles. The van der Waals surface area contributed by atoms with Gasteiger partial charge in [0, 0.05) is 6.54 Å². The predicted molar refractivity (Wildman–Crippen MR) is 75.1 cm³/mol. The quantitative estimate of drug-likeness (QED) is 0.593. The largest absolute Gasteiger partial charge is 0.457 e. The molecule has 0 aliphatic heterocycles. The number of halogens is 1. The summed E-state index contributed by atoms with van der Waals surface area (Å²) >= 11 is 5.74. The Labute approximate surface area is 113 Å². The summed E-state index contributed by atoms with van der Waals surface area (Å²) in [5, 5.41) is 0. The van der Waals surface area contributed by atoms with Crippen molar-refractivity contribution < 1.29 is 4.74 Å². The third-order valence-electron chi connectivity index (χ3n) is 2.56. The van der Waals surface area contributed by atoms with E-state index in [0.717, 1.165) is 18.0 Å². The highest BCUT2D eigenvalue weighted by Gasteiger charge is 2.00. The summed E-state index contributed by atoms with van der Waals surface area (Å²) < 4.78 is 5.72. The summed E-state index contributed by atoms with van der Waals surface area (Å²) in [5.74, 6) is 1.70. The van der Waals surface area contributed by atoms with Crippen LogP contribution in [0.1, 0.15) is 5.56 Å². The van der Waals surface area contributed by atoms with Crippen LogP contribution in [0.25, 0.3) is 0 Å². The number of ether oxygens (including phenoxy) is 1. The molecule has 2 aromatic carbocycles. The fraction of sp³-hybridized carbons (Fsp3) is 0.200. The first kappa shape index (κ1) is 12.9. The third-order valence-corrected chi connectivity index (χ3v) is 2.97. The molecule has 94 valence electrons. The zero-order chi connectivity index (χ0) is 12.8. The van der Waals surface area contributed by atoms with E-state index in [1.165, 1.54) is 5.56 Å². The van der Waals surface area contributed by atoms with E-state index in [1.54, 1.807) is 0 Å². The molecular formula is C15H16ClNO. The van der Waals surface area contributed by atoms with Gasteiger partial charge >= 0.3 is 0 Å². The molecule has 2 nitrogen and oxygen atoms in total. The molecule has 0 atom stereocenters. The van der Waals surface area contributed by atoms with Crippen molar-refractivity contribution in [2.75, 3.05) is 13.1 Å². The maximum absolute atomic E-state index is 5.74. The van der Waals surface area contributed by atoms with E-state index >= 15 is 0 Å².